The lowest BCUT2D eigenvalue weighted by molar-refractivity contribution is -0.140. The minimum atomic E-state index is -3.87. The number of halogens is 1. The van der Waals surface area contributed by atoms with Crippen LogP contribution in [0.15, 0.2) is 83.8 Å². The number of methoxy groups -OCH3 is 1. The van der Waals surface area contributed by atoms with Crippen molar-refractivity contribution in [2.45, 2.75) is 37.2 Å². The Labute approximate surface area is 217 Å². The monoisotopic (exact) mass is 528 g/mol. The Morgan fingerprint density at radius 3 is 2.19 bits per heavy atom. The lowest BCUT2D eigenvalue weighted by atomic mass is 10.0. The number of hydrogen-bond donors (Lipinski definition) is 1. The lowest BCUT2D eigenvalue weighted by Crippen LogP contribution is -2.34. The minimum absolute atomic E-state index is 0.0791. The molecule has 0 heterocycles. The maximum atomic E-state index is 13.8. The van der Waals surface area contributed by atoms with Crippen molar-refractivity contribution in [3.05, 3.63) is 101 Å². The van der Waals surface area contributed by atoms with Gasteiger partial charge in [0.25, 0.3) is 5.91 Å². The summed E-state index contributed by atoms with van der Waals surface area (Å²) >= 11 is 5.99. The van der Waals surface area contributed by atoms with Crippen LogP contribution in [-0.4, -0.2) is 38.3 Å². The zero-order valence-corrected chi connectivity index (χ0v) is 21.8. The van der Waals surface area contributed by atoms with E-state index >= 15 is 0 Å². The zero-order chi connectivity index (χ0) is 26.1. The van der Waals surface area contributed by atoms with Gasteiger partial charge in [0.05, 0.1) is 24.5 Å². The van der Waals surface area contributed by atoms with Crippen molar-refractivity contribution >= 4 is 33.5 Å². The van der Waals surface area contributed by atoms with Gasteiger partial charge in [-0.25, -0.2) is 8.42 Å². The minimum Gasteiger partial charge on any atom is -0.469 e. The van der Waals surface area contributed by atoms with Crippen LogP contribution in [0.4, 0.5) is 0 Å². The van der Waals surface area contributed by atoms with Gasteiger partial charge in [-0.15, -0.1) is 0 Å². The predicted octanol–water partition coefficient (Wildman–Crippen LogP) is 4.98. The first-order valence-electron chi connectivity index (χ1n) is 11.5. The van der Waals surface area contributed by atoms with Gasteiger partial charge in [0.15, 0.2) is 0 Å². The topological polar surface area (TPSA) is 92.8 Å². The van der Waals surface area contributed by atoms with E-state index in [4.69, 9.17) is 11.6 Å². The fourth-order valence-electron chi connectivity index (χ4n) is 3.81. The number of ether oxygens (including phenoxy) is 1. The maximum absolute atomic E-state index is 13.8. The van der Waals surface area contributed by atoms with Crippen molar-refractivity contribution in [2.24, 2.45) is 0 Å². The van der Waals surface area contributed by atoms with Gasteiger partial charge < -0.3 is 10.1 Å². The average molecular weight is 529 g/mol. The third-order valence-corrected chi connectivity index (χ3v) is 7.86. The van der Waals surface area contributed by atoms with Crippen molar-refractivity contribution in [1.82, 2.24) is 9.62 Å². The number of nitrogens with one attached hydrogen (secondary N) is 1. The third-order valence-electron chi connectivity index (χ3n) is 5.74. The molecule has 190 valence electrons. The van der Waals surface area contributed by atoms with E-state index in [1.54, 1.807) is 36.4 Å². The third kappa shape index (κ3) is 6.94. The summed E-state index contributed by atoms with van der Waals surface area (Å²) in [4.78, 5) is 23.8. The summed E-state index contributed by atoms with van der Waals surface area (Å²) in [6, 6.07) is 22.0. The van der Waals surface area contributed by atoms with Gasteiger partial charge in [-0.05, 0) is 53.9 Å². The van der Waals surface area contributed by atoms with E-state index in [1.165, 1.54) is 23.5 Å². The van der Waals surface area contributed by atoms with E-state index in [0.717, 1.165) is 11.1 Å². The SMILES string of the molecule is CC[C@@H](c1ccccc1)N(Cc1ccc(C(=O)NCCC(=O)OC)cc1)S(=O)(=O)c1ccc(Cl)cc1. The fraction of sp³-hybridized carbons (Fsp3) is 0.259. The molecule has 1 amide bonds. The van der Waals surface area contributed by atoms with E-state index in [0.29, 0.717) is 17.0 Å². The molecule has 0 saturated heterocycles. The summed E-state index contributed by atoms with van der Waals surface area (Å²) in [6.07, 6.45) is 0.646. The molecule has 0 saturated carbocycles. The Hall–Kier alpha value is -3.20. The van der Waals surface area contributed by atoms with Crippen LogP contribution in [0.3, 0.4) is 0 Å². The van der Waals surface area contributed by atoms with Crippen LogP contribution in [0.25, 0.3) is 0 Å². The molecule has 0 aliphatic carbocycles. The van der Waals surface area contributed by atoms with Crippen molar-refractivity contribution in [3.63, 3.8) is 0 Å². The molecule has 36 heavy (non-hydrogen) atoms. The first-order valence-corrected chi connectivity index (χ1v) is 13.3. The molecule has 3 rings (SSSR count). The molecular formula is C27H29ClN2O5S. The summed E-state index contributed by atoms with van der Waals surface area (Å²) in [7, 11) is -2.58. The number of nitrogens with zero attached hydrogens (tertiary/aromatic N) is 1. The molecule has 0 unspecified atom stereocenters. The Kier molecular flexibility index (Phi) is 9.64. The smallest absolute Gasteiger partial charge is 0.307 e. The van der Waals surface area contributed by atoms with Gasteiger partial charge in [0.1, 0.15) is 0 Å². The highest BCUT2D eigenvalue weighted by molar-refractivity contribution is 7.89. The highest BCUT2D eigenvalue weighted by atomic mass is 35.5. The van der Waals surface area contributed by atoms with Crippen LogP contribution in [0.2, 0.25) is 5.02 Å². The summed E-state index contributed by atoms with van der Waals surface area (Å²) in [5, 5.41) is 3.12. The number of amides is 1. The van der Waals surface area contributed by atoms with Crippen LogP contribution >= 0.6 is 11.6 Å². The number of rotatable bonds is 11. The number of esters is 1. The van der Waals surface area contributed by atoms with E-state index in [9.17, 15) is 18.0 Å². The van der Waals surface area contributed by atoms with Gasteiger partial charge in [-0.2, -0.15) is 4.31 Å². The van der Waals surface area contributed by atoms with Crippen LogP contribution in [0, 0.1) is 0 Å². The molecule has 9 heteroatoms. The first-order chi connectivity index (χ1) is 17.3. The van der Waals surface area contributed by atoms with Crippen LogP contribution < -0.4 is 5.32 Å². The molecule has 0 radical (unpaired) electrons. The summed E-state index contributed by atoms with van der Waals surface area (Å²) in [5.41, 5.74) is 2.03. The molecular weight excluding hydrogens is 500 g/mol. The molecule has 1 N–H and O–H groups in total. The number of sulfonamides is 1. The average Bonchev–Trinajstić information content (AvgIpc) is 2.89. The standard InChI is InChI=1S/C27H29ClN2O5S/c1-3-25(21-7-5-4-6-8-21)30(36(33,34)24-15-13-23(28)14-16-24)19-20-9-11-22(12-10-20)27(32)29-18-17-26(31)35-2/h4-16,25H,3,17-19H2,1-2H3,(H,29,32)/t25-/m0/s1. The van der Waals surface area contributed by atoms with E-state index < -0.39 is 22.0 Å². The fourth-order valence-corrected chi connectivity index (χ4v) is 5.61. The summed E-state index contributed by atoms with van der Waals surface area (Å²) < 4.78 is 33.6. The van der Waals surface area contributed by atoms with Crippen LogP contribution in [0.1, 0.15) is 47.3 Å². The van der Waals surface area contributed by atoms with Crippen molar-refractivity contribution in [1.29, 1.82) is 0 Å². The largest absolute Gasteiger partial charge is 0.469 e. The quantitative estimate of drug-likeness (QED) is 0.354. The molecule has 1 atom stereocenters. The number of carbonyl (C=O) groups is 2. The number of hydrogen-bond acceptors (Lipinski definition) is 5. The lowest BCUT2D eigenvalue weighted by Gasteiger charge is -2.31. The molecule has 3 aromatic rings. The first kappa shape index (κ1) is 27.4. The zero-order valence-electron chi connectivity index (χ0n) is 20.2. The van der Waals surface area contributed by atoms with E-state index in [1.807, 2.05) is 37.3 Å². The normalized spacial score (nSPS) is 12.2. The van der Waals surface area contributed by atoms with Crippen LogP contribution in [0.5, 0.6) is 0 Å². The Bertz CT molecular complexity index is 1260. The number of benzene rings is 3. The second kappa shape index (κ2) is 12.7. The molecule has 0 aliphatic rings. The molecule has 0 aromatic heterocycles. The van der Waals surface area contributed by atoms with Gasteiger partial charge in [0, 0.05) is 23.7 Å². The Balaban J connectivity index is 1.87. The van der Waals surface area contributed by atoms with E-state index in [-0.39, 0.29) is 30.3 Å². The van der Waals surface area contributed by atoms with Gasteiger partial charge in [0.2, 0.25) is 10.0 Å². The molecule has 0 aliphatic heterocycles. The maximum Gasteiger partial charge on any atom is 0.307 e. The highest BCUT2D eigenvalue weighted by Gasteiger charge is 2.31. The second-order valence-electron chi connectivity index (χ2n) is 8.12. The van der Waals surface area contributed by atoms with Crippen molar-refractivity contribution < 1.29 is 22.7 Å². The molecule has 7 nitrogen and oxygen atoms in total. The van der Waals surface area contributed by atoms with Gasteiger partial charge in [-0.1, -0.05) is 61.0 Å². The Morgan fingerprint density at radius 1 is 0.972 bits per heavy atom. The molecule has 3 aromatic carbocycles. The van der Waals surface area contributed by atoms with Crippen molar-refractivity contribution in [2.75, 3.05) is 13.7 Å². The number of carbonyl (C=O) groups excluding carboxylic acids is 2. The van der Waals surface area contributed by atoms with E-state index in [2.05, 4.69) is 10.1 Å². The summed E-state index contributed by atoms with van der Waals surface area (Å²) in [5.74, 6) is -0.733. The Morgan fingerprint density at radius 2 is 1.61 bits per heavy atom. The van der Waals surface area contributed by atoms with Gasteiger partial charge in [-0.3, -0.25) is 9.59 Å². The summed E-state index contributed by atoms with van der Waals surface area (Å²) in [6.45, 7) is 2.22. The predicted molar refractivity (Wildman–Crippen MR) is 139 cm³/mol. The van der Waals surface area contributed by atoms with Gasteiger partial charge >= 0.3 is 5.97 Å². The van der Waals surface area contributed by atoms with Crippen molar-refractivity contribution in [3.8, 4) is 0 Å². The molecule has 0 fully saturated rings. The van der Waals surface area contributed by atoms with Crippen LogP contribution in [-0.2, 0) is 26.1 Å². The molecule has 0 spiro atoms. The molecule has 0 bridgehead atoms. The highest BCUT2D eigenvalue weighted by Crippen LogP contribution is 2.32. The second-order valence-corrected chi connectivity index (χ2v) is 10.4.